The fraction of sp³-hybridized carbons (Fsp3) is 0.353. The SMILES string of the molecule is CCOc1ccccc1Nc1cnc(C(=O)NCC(C)C)cn1. The van der Waals surface area contributed by atoms with E-state index in [1.807, 2.05) is 45.0 Å². The first-order valence-corrected chi connectivity index (χ1v) is 7.69. The van der Waals surface area contributed by atoms with Gasteiger partial charge in [-0.2, -0.15) is 0 Å². The van der Waals surface area contributed by atoms with E-state index in [0.29, 0.717) is 30.6 Å². The summed E-state index contributed by atoms with van der Waals surface area (Å²) in [5, 5.41) is 5.95. The van der Waals surface area contributed by atoms with E-state index in [1.54, 1.807) is 0 Å². The standard InChI is InChI=1S/C17H22N4O2/c1-4-23-15-8-6-5-7-13(15)21-16-11-18-14(10-19-16)17(22)20-9-12(2)3/h5-8,10-12H,4,9H2,1-3H3,(H,19,21)(H,20,22). The van der Waals surface area contributed by atoms with Gasteiger partial charge in [0.25, 0.3) is 5.91 Å². The van der Waals surface area contributed by atoms with Gasteiger partial charge in [0.2, 0.25) is 0 Å². The van der Waals surface area contributed by atoms with E-state index in [2.05, 4.69) is 20.6 Å². The number of carbonyl (C=O) groups is 1. The number of hydrogen-bond donors (Lipinski definition) is 2. The minimum Gasteiger partial charge on any atom is -0.492 e. The second-order valence-electron chi connectivity index (χ2n) is 5.44. The molecule has 0 aliphatic carbocycles. The maximum Gasteiger partial charge on any atom is 0.271 e. The third-order valence-corrected chi connectivity index (χ3v) is 3.00. The molecule has 122 valence electrons. The number of ether oxygens (including phenoxy) is 1. The Morgan fingerprint density at radius 3 is 2.65 bits per heavy atom. The van der Waals surface area contributed by atoms with Crippen molar-refractivity contribution in [2.75, 3.05) is 18.5 Å². The average Bonchev–Trinajstić information content (AvgIpc) is 2.55. The van der Waals surface area contributed by atoms with Gasteiger partial charge in [-0.1, -0.05) is 26.0 Å². The first-order valence-electron chi connectivity index (χ1n) is 7.69. The lowest BCUT2D eigenvalue weighted by atomic mass is 10.2. The quantitative estimate of drug-likeness (QED) is 0.821. The predicted molar refractivity (Wildman–Crippen MR) is 90.1 cm³/mol. The summed E-state index contributed by atoms with van der Waals surface area (Å²) >= 11 is 0. The summed E-state index contributed by atoms with van der Waals surface area (Å²) in [6.45, 7) is 7.20. The number of hydrogen-bond acceptors (Lipinski definition) is 5. The van der Waals surface area contributed by atoms with E-state index in [0.717, 1.165) is 11.4 Å². The number of aromatic nitrogens is 2. The maximum absolute atomic E-state index is 11.9. The Bertz CT molecular complexity index is 641. The van der Waals surface area contributed by atoms with Crippen LogP contribution in [0.2, 0.25) is 0 Å². The van der Waals surface area contributed by atoms with Gasteiger partial charge in [-0.05, 0) is 25.0 Å². The lowest BCUT2D eigenvalue weighted by Gasteiger charge is -2.11. The van der Waals surface area contributed by atoms with Crippen molar-refractivity contribution in [3.8, 4) is 5.75 Å². The molecule has 6 heteroatoms. The fourth-order valence-electron chi connectivity index (χ4n) is 1.89. The molecule has 0 aliphatic rings. The van der Waals surface area contributed by atoms with Crippen molar-refractivity contribution in [3.05, 3.63) is 42.4 Å². The van der Waals surface area contributed by atoms with E-state index >= 15 is 0 Å². The van der Waals surface area contributed by atoms with Crippen LogP contribution in [0.4, 0.5) is 11.5 Å². The lowest BCUT2D eigenvalue weighted by Crippen LogP contribution is -2.28. The van der Waals surface area contributed by atoms with E-state index in [4.69, 9.17) is 4.74 Å². The number of carbonyl (C=O) groups excluding carboxylic acids is 1. The van der Waals surface area contributed by atoms with E-state index in [-0.39, 0.29) is 5.91 Å². The molecule has 1 heterocycles. The average molecular weight is 314 g/mol. The number of nitrogens with one attached hydrogen (secondary N) is 2. The van der Waals surface area contributed by atoms with Crippen LogP contribution in [-0.2, 0) is 0 Å². The van der Waals surface area contributed by atoms with Crippen molar-refractivity contribution in [2.45, 2.75) is 20.8 Å². The minimum absolute atomic E-state index is 0.215. The molecular formula is C17H22N4O2. The van der Waals surface area contributed by atoms with Crippen molar-refractivity contribution in [2.24, 2.45) is 5.92 Å². The monoisotopic (exact) mass is 314 g/mol. The van der Waals surface area contributed by atoms with Crippen molar-refractivity contribution in [1.29, 1.82) is 0 Å². The van der Waals surface area contributed by atoms with Gasteiger partial charge in [0.15, 0.2) is 0 Å². The smallest absolute Gasteiger partial charge is 0.271 e. The van der Waals surface area contributed by atoms with Gasteiger partial charge in [-0.15, -0.1) is 0 Å². The van der Waals surface area contributed by atoms with E-state index in [1.165, 1.54) is 12.4 Å². The van der Waals surface area contributed by atoms with Gasteiger partial charge in [0.05, 0.1) is 24.7 Å². The summed E-state index contributed by atoms with van der Waals surface area (Å²) < 4.78 is 5.55. The lowest BCUT2D eigenvalue weighted by molar-refractivity contribution is 0.0943. The molecule has 0 saturated heterocycles. The highest BCUT2D eigenvalue weighted by atomic mass is 16.5. The second kappa shape index (κ2) is 8.12. The third-order valence-electron chi connectivity index (χ3n) is 3.00. The number of para-hydroxylation sites is 2. The summed E-state index contributed by atoms with van der Waals surface area (Å²) in [7, 11) is 0. The highest BCUT2D eigenvalue weighted by molar-refractivity contribution is 5.92. The summed E-state index contributed by atoms with van der Waals surface area (Å²) in [6.07, 6.45) is 2.99. The zero-order chi connectivity index (χ0) is 16.7. The molecule has 2 N–H and O–H groups in total. The Hall–Kier alpha value is -2.63. The predicted octanol–water partition coefficient (Wildman–Crippen LogP) is 3.00. The molecular weight excluding hydrogens is 292 g/mol. The number of amides is 1. The summed E-state index contributed by atoms with van der Waals surface area (Å²) in [5.74, 6) is 1.48. The van der Waals surface area contributed by atoms with Crippen LogP contribution in [-0.4, -0.2) is 29.0 Å². The summed E-state index contributed by atoms with van der Waals surface area (Å²) in [5.41, 5.74) is 1.11. The molecule has 2 rings (SSSR count). The fourth-order valence-corrected chi connectivity index (χ4v) is 1.89. The van der Waals surface area contributed by atoms with Gasteiger partial charge >= 0.3 is 0 Å². The van der Waals surface area contributed by atoms with Crippen molar-refractivity contribution >= 4 is 17.4 Å². The second-order valence-corrected chi connectivity index (χ2v) is 5.44. The molecule has 0 aliphatic heterocycles. The van der Waals surface area contributed by atoms with Crippen LogP contribution in [0.1, 0.15) is 31.3 Å². The third kappa shape index (κ3) is 4.95. The zero-order valence-corrected chi connectivity index (χ0v) is 13.7. The summed E-state index contributed by atoms with van der Waals surface area (Å²) in [6, 6.07) is 7.60. The van der Waals surface area contributed by atoms with Crippen molar-refractivity contribution in [1.82, 2.24) is 15.3 Å². The number of anilines is 2. The highest BCUT2D eigenvalue weighted by Crippen LogP contribution is 2.26. The van der Waals surface area contributed by atoms with Gasteiger partial charge in [0.1, 0.15) is 17.3 Å². The summed E-state index contributed by atoms with van der Waals surface area (Å²) in [4.78, 5) is 20.3. The number of rotatable bonds is 7. The largest absolute Gasteiger partial charge is 0.492 e. The van der Waals surface area contributed by atoms with Crippen molar-refractivity contribution < 1.29 is 9.53 Å². The molecule has 0 radical (unpaired) electrons. The van der Waals surface area contributed by atoms with Crippen LogP contribution < -0.4 is 15.4 Å². The first-order chi connectivity index (χ1) is 11.1. The minimum atomic E-state index is -0.215. The molecule has 23 heavy (non-hydrogen) atoms. The Kier molecular flexibility index (Phi) is 5.91. The Labute approximate surface area is 136 Å². The van der Waals surface area contributed by atoms with Gasteiger partial charge in [0, 0.05) is 6.54 Å². The molecule has 6 nitrogen and oxygen atoms in total. The van der Waals surface area contributed by atoms with Gasteiger partial charge in [-0.3, -0.25) is 4.79 Å². The topological polar surface area (TPSA) is 76.1 Å². The molecule has 0 atom stereocenters. The molecule has 0 saturated carbocycles. The molecule has 0 spiro atoms. The first kappa shape index (κ1) is 16.7. The Morgan fingerprint density at radius 2 is 2.00 bits per heavy atom. The maximum atomic E-state index is 11.9. The molecule has 0 bridgehead atoms. The highest BCUT2D eigenvalue weighted by Gasteiger charge is 2.09. The molecule has 0 unspecified atom stereocenters. The normalized spacial score (nSPS) is 10.4. The molecule has 0 fully saturated rings. The zero-order valence-electron chi connectivity index (χ0n) is 13.7. The van der Waals surface area contributed by atoms with Crippen molar-refractivity contribution in [3.63, 3.8) is 0 Å². The van der Waals surface area contributed by atoms with Crippen LogP contribution in [0.5, 0.6) is 5.75 Å². The van der Waals surface area contributed by atoms with E-state index < -0.39 is 0 Å². The molecule has 2 aromatic rings. The Morgan fingerprint density at radius 1 is 1.22 bits per heavy atom. The number of benzene rings is 1. The van der Waals surface area contributed by atoms with E-state index in [9.17, 15) is 4.79 Å². The van der Waals surface area contributed by atoms with Crippen LogP contribution in [0.3, 0.4) is 0 Å². The molecule has 1 amide bonds. The number of nitrogens with zero attached hydrogens (tertiary/aromatic N) is 2. The van der Waals surface area contributed by atoms with Crippen LogP contribution >= 0.6 is 0 Å². The molecule has 1 aromatic heterocycles. The van der Waals surface area contributed by atoms with Crippen LogP contribution in [0, 0.1) is 5.92 Å². The van der Waals surface area contributed by atoms with Gasteiger partial charge in [-0.25, -0.2) is 9.97 Å². The Balaban J connectivity index is 2.04. The van der Waals surface area contributed by atoms with Crippen LogP contribution in [0.15, 0.2) is 36.7 Å². The molecule has 1 aromatic carbocycles. The van der Waals surface area contributed by atoms with Crippen LogP contribution in [0.25, 0.3) is 0 Å². The van der Waals surface area contributed by atoms with Gasteiger partial charge < -0.3 is 15.4 Å².